The Balaban J connectivity index is 2.12. The van der Waals surface area contributed by atoms with Gasteiger partial charge in [0.05, 0.1) is 25.0 Å². The van der Waals surface area contributed by atoms with E-state index in [0.717, 1.165) is 0 Å². The van der Waals surface area contributed by atoms with Crippen molar-refractivity contribution in [2.45, 2.75) is 31.0 Å². The summed E-state index contributed by atoms with van der Waals surface area (Å²) in [5, 5.41) is 0. The Bertz CT molecular complexity index is 349. The lowest BCUT2D eigenvalue weighted by molar-refractivity contribution is -0.162. The maximum atomic E-state index is 12.0. The van der Waals surface area contributed by atoms with Gasteiger partial charge in [-0.15, -0.1) is 23.2 Å². The van der Waals surface area contributed by atoms with Gasteiger partial charge in [-0.2, -0.15) is 0 Å². The molecule has 0 saturated heterocycles. The molecule has 0 aromatic heterocycles. The number of hydrogen-bond donors (Lipinski definition) is 0. The molecule has 0 aromatic carbocycles. The quantitative estimate of drug-likeness (QED) is 0.591. The van der Waals surface area contributed by atoms with Crippen LogP contribution in [0.4, 0.5) is 0 Å². The van der Waals surface area contributed by atoms with E-state index in [1.54, 1.807) is 13.8 Å². The second-order valence-corrected chi connectivity index (χ2v) is 6.52. The lowest BCUT2D eigenvalue weighted by Gasteiger charge is -2.27. The summed E-state index contributed by atoms with van der Waals surface area (Å²) in [7, 11) is 0. The van der Waals surface area contributed by atoms with Gasteiger partial charge in [0.15, 0.2) is 0 Å². The molecule has 2 aliphatic rings. The van der Waals surface area contributed by atoms with E-state index in [0.29, 0.717) is 26.1 Å². The number of carbonyl (C=O) groups excluding carboxylic acids is 2. The van der Waals surface area contributed by atoms with E-state index in [-0.39, 0.29) is 23.8 Å². The molecule has 2 rings (SSSR count). The summed E-state index contributed by atoms with van der Waals surface area (Å²) >= 11 is 12.3. The Hall–Kier alpha value is -0.480. The van der Waals surface area contributed by atoms with Gasteiger partial charge in [-0.25, -0.2) is 0 Å². The fourth-order valence-electron chi connectivity index (χ4n) is 3.00. The lowest BCUT2D eigenvalue weighted by Crippen LogP contribution is -2.35. The zero-order valence-electron chi connectivity index (χ0n) is 11.0. The Morgan fingerprint density at radius 1 is 1.00 bits per heavy atom. The van der Waals surface area contributed by atoms with Crippen molar-refractivity contribution in [1.82, 2.24) is 0 Å². The van der Waals surface area contributed by atoms with Crippen LogP contribution in [0.5, 0.6) is 0 Å². The number of rotatable bonds is 4. The second kappa shape index (κ2) is 5.49. The first kappa shape index (κ1) is 14.9. The van der Waals surface area contributed by atoms with Gasteiger partial charge in [0.2, 0.25) is 0 Å². The molecular weight excluding hydrogens is 291 g/mol. The van der Waals surface area contributed by atoms with Crippen LogP contribution in [-0.4, -0.2) is 29.5 Å². The standard InChI is InChI=1S/C13H18Cl2O4/c1-3-18-11(16)7-5-9-10(13(9,14)15)6-8(7)12(17)19-4-2/h7-10H,3-6H2,1-2H3. The van der Waals surface area contributed by atoms with Gasteiger partial charge in [-0.05, 0) is 38.5 Å². The topological polar surface area (TPSA) is 52.6 Å². The van der Waals surface area contributed by atoms with Crippen LogP contribution >= 0.6 is 23.2 Å². The minimum absolute atomic E-state index is 0.0796. The average molecular weight is 309 g/mol. The van der Waals surface area contributed by atoms with Gasteiger partial charge in [0.25, 0.3) is 0 Å². The van der Waals surface area contributed by atoms with Crippen molar-refractivity contribution in [2.75, 3.05) is 13.2 Å². The van der Waals surface area contributed by atoms with Crippen molar-refractivity contribution >= 4 is 35.1 Å². The molecule has 4 unspecified atom stereocenters. The zero-order chi connectivity index (χ0) is 14.2. The number of halogens is 2. The molecule has 0 spiro atoms. The maximum Gasteiger partial charge on any atom is 0.309 e. The highest BCUT2D eigenvalue weighted by atomic mass is 35.5. The van der Waals surface area contributed by atoms with Crippen molar-refractivity contribution in [2.24, 2.45) is 23.7 Å². The second-order valence-electron chi connectivity index (χ2n) is 5.08. The first-order valence-electron chi connectivity index (χ1n) is 6.64. The number of fused-ring (bicyclic) bond motifs is 1. The van der Waals surface area contributed by atoms with Crippen LogP contribution < -0.4 is 0 Å². The third kappa shape index (κ3) is 2.70. The van der Waals surface area contributed by atoms with Crippen LogP contribution in [0, 0.1) is 23.7 Å². The van der Waals surface area contributed by atoms with Gasteiger partial charge in [0, 0.05) is 0 Å². The summed E-state index contributed by atoms with van der Waals surface area (Å²) in [6.45, 7) is 4.08. The molecule has 0 aliphatic heterocycles. The van der Waals surface area contributed by atoms with E-state index in [2.05, 4.69) is 0 Å². The SMILES string of the molecule is CCOC(=O)C1CC2C(CC1C(=O)OCC)C2(Cl)Cl. The van der Waals surface area contributed by atoms with Gasteiger partial charge < -0.3 is 9.47 Å². The molecule has 4 nitrogen and oxygen atoms in total. The van der Waals surface area contributed by atoms with Crippen molar-refractivity contribution in [3.63, 3.8) is 0 Å². The smallest absolute Gasteiger partial charge is 0.309 e. The maximum absolute atomic E-state index is 12.0. The molecule has 19 heavy (non-hydrogen) atoms. The predicted molar refractivity (Wildman–Crippen MR) is 70.9 cm³/mol. The zero-order valence-corrected chi connectivity index (χ0v) is 12.5. The monoisotopic (exact) mass is 308 g/mol. The molecule has 0 N–H and O–H groups in total. The molecule has 0 aromatic rings. The molecular formula is C13H18Cl2O4. The Labute approximate surface area is 122 Å². The Morgan fingerprint density at radius 3 is 1.68 bits per heavy atom. The molecule has 2 saturated carbocycles. The van der Waals surface area contributed by atoms with E-state index in [1.165, 1.54) is 0 Å². The van der Waals surface area contributed by atoms with Gasteiger partial charge in [0.1, 0.15) is 4.33 Å². The van der Waals surface area contributed by atoms with Gasteiger partial charge in [-0.3, -0.25) is 9.59 Å². The lowest BCUT2D eigenvalue weighted by atomic mass is 9.79. The highest BCUT2D eigenvalue weighted by Crippen LogP contribution is 2.67. The third-order valence-corrected chi connectivity index (χ3v) is 5.17. The largest absolute Gasteiger partial charge is 0.466 e. The number of esters is 2. The van der Waals surface area contributed by atoms with E-state index in [1.807, 2.05) is 0 Å². The molecule has 0 heterocycles. The number of alkyl halides is 2. The summed E-state index contributed by atoms with van der Waals surface area (Å²) in [6, 6.07) is 0. The fourth-order valence-corrected chi connectivity index (χ4v) is 3.84. The van der Waals surface area contributed by atoms with Crippen LogP contribution in [0.25, 0.3) is 0 Å². The molecule has 0 bridgehead atoms. The van der Waals surface area contributed by atoms with E-state index in [4.69, 9.17) is 32.7 Å². The highest BCUT2D eigenvalue weighted by Gasteiger charge is 2.68. The minimum Gasteiger partial charge on any atom is -0.466 e. The van der Waals surface area contributed by atoms with Crippen molar-refractivity contribution < 1.29 is 19.1 Å². The fraction of sp³-hybridized carbons (Fsp3) is 0.846. The Kier molecular flexibility index (Phi) is 4.31. The number of hydrogen-bond acceptors (Lipinski definition) is 4. The Morgan fingerprint density at radius 2 is 1.37 bits per heavy atom. The van der Waals surface area contributed by atoms with E-state index < -0.39 is 16.2 Å². The van der Waals surface area contributed by atoms with Gasteiger partial charge in [-0.1, -0.05) is 0 Å². The summed E-state index contributed by atoms with van der Waals surface area (Å²) < 4.78 is 9.28. The van der Waals surface area contributed by atoms with Crippen molar-refractivity contribution in [3.8, 4) is 0 Å². The first-order valence-corrected chi connectivity index (χ1v) is 7.40. The van der Waals surface area contributed by atoms with E-state index >= 15 is 0 Å². The number of ether oxygens (including phenoxy) is 2. The molecule has 2 aliphatic carbocycles. The third-order valence-electron chi connectivity index (χ3n) is 4.05. The summed E-state index contributed by atoms with van der Waals surface area (Å²) in [5.74, 6) is -1.52. The molecule has 108 valence electrons. The molecule has 0 radical (unpaired) electrons. The van der Waals surface area contributed by atoms with Gasteiger partial charge >= 0.3 is 11.9 Å². The normalized spacial score (nSPS) is 35.2. The average Bonchev–Trinajstić information content (AvgIpc) is 2.90. The predicted octanol–water partition coefficient (Wildman–Crippen LogP) is 2.56. The summed E-state index contributed by atoms with van der Waals surface area (Å²) in [5.41, 5.74) is 0. The van der Waals surface area contributed by atoms with Crippen LogP contribution in [0.3, 0.4) is 0 Å². The summed E-state index contributed by atoms with van der Waals surface area (Å²) in [4.78, 5) is 24.0. The van der Waals surface area contributed by atoms with Crippen molar-refractivity contribution in [1.29, 1.82) is 0 Å². The molecule has 6 heteroatoms. The molecule has 2 fully saturated rings. The van der Waals surface area contributed by atoms with Crippen LogP contribution in [-0.2, 0) is 19.1 Å². The van der Waals surface area contributed by atoms with Crippen molar-refractivity contribution in [3.05, 3.63) is 0 Å². The van der Waals surface area contributed by atoms with Crippen LogP contribution in [0.15, 0.2) is 0 Å². The van der Waals surface area contributed by atoms with E-state index in [9.17, 15) is 9.59 Å². The number of carbonyl (C=O) groups is 2. The minimum atomic E-state index is -0.800. The first-order chi connectivity index (χ1) is 8.93. The van der Waals surface area contributed by atoms with Crippen LogP contribution in [0.1, 0.15) is 26.7 Å². The molecule has 4 atom stereocenters. The van der Waals surface area contributed by atoms with Crippen LogP contribution in [0.2, 0.25) is 0 Å². The summed E-state index contributed by atoms with van der Waals surface area (Å²) in [6.07, 6.45) is 1.000. The molecule has 0 amide bonds. The highest BCUT2D eigenvalue weighted by molar-refractivity contribution is 6.51.